The fourth-order valence-corrected chi connectivity index (χ4v) is 5.58. The van der Waals surface area contributed by atoms with Gasteiger partial charge in [0.05, 0.1) is 19.3 Å². The van der Waals surface area contributed by atoms with Crippen molar-refractivity contribution in [3.63, 3.8) is 0 Å². The zero-order valence-corrected chi connectivity index (χ0v) is 25.7. The lowest BCUT2D eigenvalue weighted by Crippen LogP contribution is -2.28. The lowest BCUT2D eigenvalue weighted by atomic mass is 9.96. The topological polar surface area (TPSA) is 69.6 Å². The van der Waals surface area contributed by atoms with Gasteiger partial charge in [0.15, 0.2) is 6.10 Å². The van der Waals surface area contributed by atoms with Gasteiger partial charge in [-0.2, -0.15) is 0 Å². The van der Waals surface area contributed by atoms with Crippen molar-refractivity contribution in [2.75, 3.05) is 7.11 Å². The van der Waals surface area contributed by atoms with Crippen molar-refractivity contribution in [2.24, 2.45) is 7.05 Å². The summed E-state index contributed by atoms with van der Waals surface area (Å²) in [4.78, 5) is 25.1. The molecule has 1 aliphatic rings. The molecule has 1 N–H and O–H groups in total. The van der Waals surface area contributed by atoms with E-state index in [1.54, 1.807) is 6.92 Å². The molecular formula is C34H41ClN2O4. The van der Waals surface area contributed by atoms with Gasteiger partial charge in [-0.1, -0.05) is 67.4 Å². The van der Waals surface area contributed by atoms with E-state index >= 15 is 0 Å². The average molecular weight is 577 g/mol. The maximum absolute atomic E-state index is 13.2. The van der Waals surface area contributed by atoms with Crippen molar-refractivity contribution < 1.29 is 19.1 Å². The summed E-state index contributed by atoms with van der Waals surface area (Å²) in [5.41, 5.74) is 7.22. The van der Waals surface area contributed by atoms with Crippen LogP contribution in [0.2, 0.25) is 0 Å². The molecule has 2 unspecified atom stereocenters. The van der Waals surface area contributed by atoms with Crippen molar-refractivity contribution >= 4 is 34.4 Å². The Hall–Kier alpha value is -3.35. The normalized spacial score (nSPS) is 16.6. The minimum absolute atomic E-state index is 0.101. The Kier molecular flexibility index (Phi) is 10.1. The van der Waals surface area contributed by atoms with Gasteiger partial charge in [0, 0.05) is 40.7 Å². The van der Waals surface area contributed by atoms with Gasteiger partial charge in [0.1, 0.15) is 0 Å². The number of carbonyl (C=O) groups excluding carboxylic acids is 2. The number of benzene rings is 2. The number of aryl methyl sites for hydroxylation is 2. The first kappa shape index (κ1) is 30.6. The van der Waals surface area contributed by atoms with Crippen molar-refractivity contribution in [3.05, 3.63) is 93.2 Å². The third-order valence-electron chi connectivity index (χ3n) is 8.04. The summed E-state index contributed by atoms with van der Waals surface area (Å²) in [6, 6.07) is 14.3. The van der Waals surface area contributed by atoms with Crippen LogP contribution in [0.5, 0.6) is 0 Å². The number of nitrogens with zero attached hydrogens (tertiary/aromatic N) is 1. The summed E-state index contributed by atoms with van der Waals surface area (Å²) in [7, 11) is 3.37. The van der Waals surface area contributed by atoms with Crippen molar-refractivity contribution in [1.29, 1.82) is 0 Å². The summed E-state index contributed by atoms with van der Waals surface area (Å²) < 4.78 is 12.8. The molecule has 0 fully saturated rings. The summed E-state index contributed by atoms with van der Waals surface area (Å²) in [6.07, 6.45) is 7.66. The van der Waals surface area contributed by atoms with Crippen LogP contribution in [0.4, 0.5) is 0 Å². The Labute approximate surface area is 248 Å². The Bertz CT molecular complexity index is 1470. The van der Waals surface area contributed by atoms with Gasteiger partial charge < -0.3 is 19.4 Å². The Morgan fingerprint density at radius 1 is 1.15 bits per heavy atom. The third kappa shape index (κ3) is 7.11. The molecule has 0 bridgehead atoms. The first-order chi connectivity index (χ1) is 19.6. The molecule has 6 nitrogen and oxygen atoms in total. The molecule has 218 valence electrons. The van der Waals surface area contributed by atoms with E-state index in [9.17, 15) is 9.59 Å². The number of halogens is 1. The molecule has 0 saturated heterocycles. The number of aromatic nitrogens is 1. The molecule has 1 heterocycles. The third-order valence-corrected chi connectivity index (χ3v) is 8.43. The number of esters is 1. The molecule has 1 aromatic heterocycles. The molecule has 0 radical (unpaired) electrons. The molecule has 3 aromatic rings. The fourth-order valence-electron chi connectivity index (χ4n) is 5.36. The molecule has 0 spiro atoms. The monoisotopic (exact) mass is 576 g/mol. The molecule has 4 rings (SSSR count). The van der Waals surface area contributed by atoms with Gasteiger partial charge in [-0.3, -0.25) is 4.79 Å². The number of allylic oxidation sites excluding steroid dienone is 2. The number of fused-ring (bicyclic) bond motifs is 1. The van der Waals surface area contributed by atoms with Crippen molar-refractivity contribution in [3.8, 4) is 0 Å². The maximum atomic E-state index is 13.2. The Morgan fingerprint density at radius 3 is 2.56 bits per heavy atom. The van der Waals surface area contributed by atoms with Crippen LogP contribution in [0.25, 0.3) is 10.9 Å². The second-order valence-corrected chi connectivity index (χ2v) is 11.3. The second-order valence-electron chi connectivity index (χ2n) is 10.9. The van der Waals surface area contributed by atoms with Crippen molar-refractivity contribution in [1.82, 2.24) is 9.88 Å². The Morgan fingerprint density at radius 2 is 1.88 bits per heavy atom. The van der Waals surface area contributed by atoms with E-state index in [1.807, 2.05) is 44.3 Å². The number of nitrogens with one attached hydrogen (secondary N) is 1. The SMILES string of the molecule is CCCCc1ccc([C@H](C)NC(=O)c2ccc3c(CC4=CC(OC(C)C(=O)OC)CC=C4Cl)c(C)n(C)c3c2)cc1. The first-order valence-corrected chi connectivity index (χ1v) is 14.8. The van der Waals surface area contributed by atoms with Gasteiger partial charge in [-0.25, -0.2) is 4.79 Å². The average Bonchev–Trinajstić information content (AvgIpc) is 3.21. The predicted octanol–water partition coefficient (Wildman–Crippen LogP) is 7.26. The van der Waals surface area contributed by atoms with E-state index in [2.05, 4.69) is 48.0 Å². The Balaban J connectivity index is 1.51. The summed E-state index contributed by atoms with van der Waals surface area (Å²) in [5, 5.41) is 4.92. The minimum atomic E-state index is -0.662. The van der Waals surface area contributed by atoms with E-state index in [-0.39, 0.29) is 18.1 Å². The van der Waals surface area contributed by atoms with Gasteiger partial charge in [0.2, 0.25) is 0 Å². The van der Waals surface area contributed by atoms with E-state index in [4.69, 9.17) is 21.1 Å². The van der Waals surface area contributed by atoms with Gasteiger partial charge in [-0.15, -0.1) is 0 Å². The maximum Gasteiger partial charge on any atom is 0.334 e. The molecule has 0 saturated carbocycles. The molecule has 1 aliphatic carbocycles. The minimum Gasteiger partial charge on any atom is -0.467 e. The number of unbranched alkanes of at least 4 members (excludes halogenated alkanes) is 1. The van der Waals surface area contributed by atoms with Crippen LogP contribution >= 0.6 is 11.6 Å². The van der Waals surface area contributed by atoms with Gasteiger partial charge >= 0.3 is 5.97 Å². The molecule has 2 aromatic carbocycles. The van der Waals surface area contributed by atoms with E-state index in [0.717, 1.165) is 39.7 Å². The number of amides is 1. The van der Waals surface area contributed by atoms with Gasteiger partial charge in [-0.05, 0) is 74.4 Å². The highest BCUT2D eigenvalue weighted by atomic mass is 35.5. The molecule has 0 aliphatic heterocycles. The number of carbonyl (C=O) groups is 2. The smallest absolute Gasteiger partial charge is 0.334 e. The summed E-state index contributed by atoms with van der Waals surface area (Å²) >= 11 is 6.62. The van der Waals surface area contributed by atoms with Crippen molar-refractivity contribution in [2.45, 2.75) is 78.0 Å². The first-order valence-electron chi connectivity index (χ1n) is 14.4. The molecule has 7 heteroatoms. The fraction of sp³-hybridized carbons (Fsp3) is 0.412. The number of ether oxygens (including phenoxy) is 2. The zero-order chi connectivity index (χ0) is 29.7. The van der Waals surface area contributed by atoms with E-state index in [0.29, 0.717) is 23.4 Å². The van der Waals surface area contributed by atoms with Crippen LogP contribution in [0, 0.1) is 6.92 Å². The highest BCUT2D eigenvalue weighted by Crippen LogP contribution is 2.33. The number of hydrogen-bond acceptors (Lipinski definition) is 4. The highest BCUT2D eigenvalue weighted by molar-refractivity contribution is 6.32. The van der Waals surface area contributed by atoms with E-state index < -0.39 is 12.1 Å². The standard InChI is InChI=1S/C34H41ClN2O4/c1-7-8-9-24-10-12-25(13-11-24)21(2)36-33(38)26-14-16-29-30(22(3)37(5)32(29)20-26)19-27-18-28(15-17-31(27)35)41-23(4)34(39)40-6/h10-14,16-18,20-21,23,28H,7-9,15,19H2,1-6H3,(H,36,38)/t21-,23?,28?/m0/s1. The zero-order valence-electron chi connectivity index (χ0n) is 24.9. The molecule has 1 amide bonds. The lowest BCUT2D eigenvalue weighted by molar-refractivity contribution is -0.154. The quantitative estimate of drug-likeness (QED) is 0.244. The van der Waals surface area contributed by atoms with Crippen LogP contribution in [-0.4, -0.2) is 35.8 Å². The van der Waals surface area contributed by atoms with Gasteiger partial charge in [0.25, 0.3) is 5.91 Å². The molecular weight excluding hydrogens is 536 g/mol. The largest absolute Gasteiger partial charge is 0.467 e. The van der Waals surface area contributed by atoms with Crippen LogP contribution < -0.4 is 5.32 Å². The molecule has 41 heavy (non-hydrogen) atoms. The predicted molar refractivity (Wildman–Crippen MR) is 165 cm³/mol. The number of hydrogen-bond donors (Lipinski definition) is 1. The summed E-state index contributed by atoms with van der Waals surface area (Å²) in [5.74, 6) is -0.504. The van der Waals surface area contributed by atoms with Crippen LogP contribution in [0.3, 0.4) is 0 Å². The van der Waals surface area contributed by atoms with Crippen LogP contribution in [0.1, 0.15) is 78.8 Å². The van der Waals surface area contributed by atoms with Crippen LogP contribution in [-0.2, 0) is 34.2 Å². The lowest BCUT2D eigenvalue weighted by Gasteiger charge is -2.22. The summed E-state index contributed by atoms with van der Waals surface area (Å²) in [6.45, 7) is 7.98. The highest BCUT2D eigenvalue weighted by Gasteiger charge is 2.23. The van der Waals surface area contributed by atoms with E-state index in [1.165, 1.54) is 25.5 Å². The molecule has 3 atom stereocenters. The number of methoxy groups -OCH3 is 1. The second kappa shape index (κ2) is 13.5. The number of rotatable bonds is 11. The van der Waals surface area contributed by atoms with Crippen LogP contribution in [0.15, 0.2) is 65.2 Å².